The van der Waals surface area contributed by atoms with E-state index in [1.54, 1.807) is 4.90 Å². The van der Waals surface area contributed by atoms with Crippen molar-refractivity contribution in [3.8, 4) is 11.3 Å². The Bertz CT molecular complexity index is 1800. The van der Waals surface area contributed by atoms with Gasteiger partial charge in [-0.2, -0.15) is 18.3 Å². The van der Waals surface area contributed by atoms with E-state index in [1.165, 1.54) is 25.2 Å². The molecule has 2 aromatic heterocycles. The maximum absolute atomic E-state index is 13.7. The lowest BCUT2D eigenvalue weighted by Gasteiger charge is -2.24. The fraction of sp³-hybridized carbons (Fsp3) is 0.483. The normalized spacial score (nSPS) is 27.0. The Labute approximate surface area is 273 Å². The molecular formula is C29H29ClF5N9O4. The second-order valence-electron chi connectivity index (χ2n) is 12.5. The number of aliphatic hydroxyl groups excluding tert-OH is 1. The topological polar surface area (TPSA) is 158 Å². The van der Waals surface area contributed by atoms with Gasteiger partial charge in [0.25, 0.3) is 17.7 Å². The SMILES string of the molecule is Cn1c(-c2cn([C@H]3CC3(F)F)nc2C(F)(F)F)cnc1C(=O)Nc1ccc(C(=O)NC2[C@H]3CN(C(=O)N[C@H]4CNC[C@@H]4O)C[C@@H]23)c(Cl)c1. The van der Waals surface area contributed by atoms with Gasteiger partial charge in [-0.25, -0.2) is 18.6 Å². The summed E-state index contributed by atoms with van der Waals surface area (Å²) in [6.07, 6.45) is -4.32. The third kappa shape index (κ3) is 5.85. The number of halogens is 6. The van der Waals surface area contributed by atoms with Gasteiger partial charge in [0.15, 0.2) is 11.5 Å². The number of likely N-dealkylation sites (tertiary alicyclic amines) is 1. The summed E-state index contributed by atoms with van der Waals surface area (Å²) in [5, 5.41) is 24.6. The number of aromatic nitrogens is 4. The first kappa shape index (κ1) is 32.3. The van der Waals surface area contributed by atoms with Gasteiger partial charge in [0.2, 0.25) is 0 Å². The Balaban J connectivity index is 0.967. The van der Waals surface area contributed by atoms with Crippen LogP contribution in [0.3, 0.4) is 0 Å². The quantitative estimate of drug-likeness (QED) is 0.238. The molecular weight excluding hydrogens is 669 g/mol. The Morgan fingerprint density at radius 1 is 1.10 bits per heavy atom. The summed E-state index contributed by atoms with van der Waals surface area (Å²) in [7, 11) is 1.30. The van der Waals surface area contributed by atoms with Crippen LogP contribution in [0.25, 0.3) is 11.3 Å². The molecule has 4 heterocycles. The van der Waals surface area contributed by atoms with Crippen LogP contribution >= 0.6 is 11.6 Å². The molecule has 2 saturated carbocycles. The minimum atomic E-state index is -4.95. The smallest absolute Gasteiger partial charge is 0.390 e. The van der Waals surface area contributed by atoms with Crippen molar-refractivity contribution in [2.75, 3.05) is 31.5 Å². The number of hydrogen-bond acceptors (Lipinski definition) is 7. The van der Waals surface area contributed by atoms with Crippen molar-refractivity contribution in [3.63, 3.8) is 0 Å². The molecule has 0 spiro atoms. The number of amides is 4. The zero-order valence-corrected chi connectivity index (χ0v) is 25.8. The molecule has 48 heavy (non-hydrogen) atoms. The standard InChI is InChI=1S/C29H29ClF5N9O4/c1-42-19(16-11-44(21-5-28(21,31)32)41-23(16)29(33,34)35)7-37-24(42)26(47)38-12-2-3-13(17(30)4-12)25(46)40-22-14-9-43(10-15(14)22)27(48)39-18-6-36-8-20(18)45/h2-4,7,11,14-15,18,20-22,36,45H,5-6,8-10H2,1H3,(H,38,47)(H,39,48)(H,40,46)/t14-,15+,18-,20-,21-,22?/m0/s1. The number of β-amino-alcohol motifs (C(OH)–C–C–N with tert-alkyl or cyclic N) is 1. The van der Waals surface area contributed by atoms with Crippen molar-refractivity contribution in [2.24, 2.45) is 18.9 Å². The number of hydrogen-bond donors (Lipinski definition) is 5. The van der Waals surface area contributed by atoms with Crippen LogP contribution in [-0.4, -0.2) is 97.5 Å². The lowest BCUT2D eigenvalue weighted by Crippen LogP contribution is -2.49. The summed E-state index contributed by atoms with van der Waals surface area (Å²) in [6.45, 7) is 1.83. The number of fused-ring (bicyclic) bond motifs is 1. The first-order valence-corrected chi connectivity index (χ1v) is 15.4. The number of anilines is 1. The van der Waals surface area contributed by atoms with Gasteiger partial charge in [-0.05, 0) is 18.2 Å². The third-order valence-corrected chi connectivity index (χ3v) is 9.63. The molecule has 0 radical (unpaired) electrons. The van der Waals surface area contributed by atoms with Crippen LogP contribution in [0.5, 0.6) is 0 Å². The van der Waals surface area contributed by atoms with Gasteiger partial charge in [-0.15, -0.1) is 0 Å². The average Bonchev–Trinajstić information content (AvgIpc) is 3.46. The van der Waals surface area contributed by atoms with E-state index in [1.807, 2.05) is 0 Å². The number of piperidine rings is 1. The Kier molecular flexibility index (Phi) is 7.67. The van der Waals surface area contributed by atoms with E-state index in [9.17, 15) is 41.4 Å². The van der Waals surface area contributed by atoms with E-state index in [-0.39, 0.29) is 57.7 Å². The minimum Gasteiger partial charge on any atom is -0.390 e. The summed E-state index contributed by atoms with van der Waals surface area (Å²) in [5.41, 5.74) is -1.72. The van der Waals surface area contributed by atoms with E-state index in [2.05, 4.69) is 31.3 Å². The molecule has 2 aliphatic carbocycles. The van der Waals surface area contributed by atoms with E-state index in [4.69, 9.17) is 11.6 Å². The second kappa shape index (κ2) is 11.4. The maximum Gasteiger partial charge on any atom is 0.435 e. The Morgan fingerprint density at radius 3 is 2.42 bits per heavy atom. The van der Waals surface area contributed by atoms with Crippen LogP contribution in [0.1, 0.15) is 39.1 Å². The molecule has 19 heteroatoms. The van der Waals surface area contributed by atoms with Crippen LogP contribution in [0.15, 0.2) is 30.6 Å². The van der Waals surface area contributed by atoms with Crippen molar-refractivity contribution < 1.29 is 41.4 Å². The second-order valence-corrected chi connectivity index (χ2v) is 12.9. The highest BCUT2D eigenvalue weighted by molar-refractivity contribution is 6.34. The number of alkyl halides is 5. The minimum absolute atomic E-state index is 0.0282. The zero-order valence-electron chi connectivity index (χ0n) is 25.1. The highest BCUT2D eigenvalue weighted by Crippen LogP contribution is 2.53. The molecule has 2 aliphatic heterocycles. The number of benzene rings is 1. The van der Waals surface area contributed by atoms with E-state index < -0.39 is 53.7 Å². The molecule has 2 saturated heterocycles. The third-order valence-electron chi connectivity index (χ3n) is 9.32. The molecule has 4 fully saturated rings. The predicted molar refractivity (Wildman–Crippen MR) is 158 cm³/mol. The van der Waals surface area contributed by atoms with E-state index >= 15 is 0 Å². The van der Waals surface area contributed by atoms with Gasteiger partial charge in [0.05, 0.1) is 40.2 Å². The van der Waals surface area contributed by atoms with Crippen molar-refractivity contribution in [1.82, 2.24) is 40.2 Å². The van der Waals surface area contributed by atoms with Crippen molar-refractivity contribution in [1.29, 1.82) is 0 Å². The predicted octanol–water partition coefficient (Wildman–Crippen LogP) is 2.49. The van der Waals surface area contributed by atoms with Gasteiger partial charge >= 0.3 is 12.2 Å². The molecule has 0 bridgehead atoms. The van der Waals surface area contributed by atoms with Gasteiger partial charge < -0.3 is 35.8 Å². The molecule has 1 unspecified atom stereocenters. The monoisotopic (exact) mass is 697 g/mol. The Morgan fingerprint density at radius 2 is 1.81 bits per heavy atom. The molecule has 7 rings (SSSR count). The molecule has 13 nitrogen and oxygen atoms in total. The number of nitrogens with zero attached hydrogens (tertiary/aromatic N) is 5. The van der Waals surface area contributed by atoms with Crippen LogP contribution in [-0.2, 0) is 13.2 Å². The van der Waals surface area contributed by atoms with Crippen LogP contribution in [0.4, 0.5) is 32.4 Å². The number of rotatable bonds is 7. The number of urea groups is 1. The van der Waals surface area contributed by atoms with Crippen molar-refractivity contribution in [2.45, 2.75) is 42.7 Å². The molecule has 4 aliphatic rings. The number of nitrogens with one attached hydrogen (secondary N) is 4. The molecule has 6 atom stereocenters. The summed E-state index contributed by atoms with van der Waals surface area (Å²) in [6, 6.07) is 1.94. The summed E-state index contributed by atoms with van der Waals surface area (Å²) < 4.78 is 70.0. The lowest BCUT2D eigenvalue weighted by atomic mass is 10.2. The van der Waals surface area contributed by atoms with Crippen molar-refractivity contribution >= 4 is 35.1 Å². The van der Waals surface area contributed by atoms with Crippen LogP contribution in [0.2, 0.25) is 5.02 Å². The molecule has 1 aromatic carbocycles. The fourth-order valence-electron chi connectivity index (χ4n) is 6.47. The highest BCUT2D eigenvalue weighted by atomic mass is 35.5. The van der Waals surface area contributed by atoms with Crippen LogP contribution < -0.4 is 21.3 Å². The largest absolute Gasteiger partial charge is 0.435 e. The Hall–Kier alpha value is -4.29. The fourth-order valence-corrected chi connectivity index (χ4v) is 6.73. The summed E-state index contributed by atoms with van der Waals surface area (Å²) in [4.78, 5) is 44.2. The highest BCUT2D eigenvalue weighted by Gasteiger charge is 2.60. The number of imidazole rings is 1. The van der Waals surface area contributed by atoms with Crippen LogP contribution in [0, 0.1) is 11.8 Å². The number of aliphatic hydroxyl groups is 1. The lowest BCUT2D eigenvalue weighted by molar-refractivity contribution is -0.141. The molecule has 5 N–H and O–H groups in total. The van der Waals surface area contributed by atoms with Gasteiger partial charge in [-0.1, -0.05) is 11.6 Å². The van der Waals surface area contributed by atoms with E-state index in [0.29, 0.717) is 30.9 Å². The van der Waals surface area contributed by atoms with Crippen molar-refractivity contribution in [3.05, 3.63) is 52.7 Å². The molecule has 3 aromatic rings. The first-order valence-electron chi connectivity index (χ1n) is 15.0. The number of carbonyl (C=O) groups excluding carboxylic acids is 3. The van der Waals surface area contributed by atoms with Gasteiger partial charge in [0, 0.05) is 69.4 Å². The maximum atomic E-state index is 13.7. The van der Waals surface area contributed by atoms with E-state index in [0.717, 1.165) is 17.0 Å². The zero-order chi connectivity index (χ0) is 34.3. The average molecular weight is 698 g/mol. The van der Waals surface area contributed by atoms with Gasteiger partial charge in [0.1, 0.15) is 6.04 Å². The summed E-state index contributed by atoms with van der Waals surface area (Å²) in [5.74, 6) is -4.50. The molecule has 256 valence electrons. The summed E-state index contributed by atoms with van der Waals surface area (Å²) >= 11 is 6.38. The number of carbonyl (C=O) groups is 3. The molecule has 4 amide bonds. The first-order chi connectivity index (χ1) is 22.6. The van der Waals surface area contributed by atoms with Gasteiger partial charge in [-0.3, -0.25) is 14.3 Å².